The molecule has 3 unspecified atom stereocenters. The van der Waals surface area contributed by atoms with Crippen LogP contribution in [0.4, 0.5) is 0 Å². The minimum atomic E-state index is -0.876. The van der Waals surface area contributed by atoms with E-state index in [1.807, 2.05) is 0 Å². The summed E-state index contributed by atoms with van der Waals surface area (Å²) in [4.78, 5) is 25.8. The van der Waals surface area contributed by atoms with Crippen molar-refractivity contribution in [3.8, 4) is 0 Å². The number of likely N-dealkylation sites (tertiary alicyclic amines) is 1. The normalized spacial score (nSPS) is 33.8. The van der Waals surface area contributed by atoms with Crippen molar-refractivity contribution >= 4 is 11.9 Å². The van der Waals surface area contributed by atoms with Crippen LogP contribution < -0.4 is 5.32 Å². The molecule has 0 aromatic carbocycles. The summed E-state index contributed by atoms with van der Waals surface area (Å²) in [5.74, 6) is -0.542. The molecule has 2 rings (SSSR count). The highest BCUT2D eigenvalue weighted by Gasteiger charge is 2.43. The molecule has 0 saturated carbocycles. The lowest BCUT2D eigenvalue weighted by atomic mass is 9.76. The van der Waals surface area contributed by atoms with Gasteiger partial charge in [0.05, 0.1) is 6.04 Å². The summed E-state index contributed by atoms with van der Waals surface area (Å²) in [5, 5.41) is 12.7. The number of carbonyl (C=O) groups is 2. The van der Waals surface area contributed by atoms with Gasteiger partial charge in [0.2, 0.25) is 5.91 Å². The summed E-state index contributed by atoms with van der Waals surface area (Å²) < 4.78 is 0. The van der Waals surface area contributed by atoms with Crippen LogP contribution in [0, 0.1) is 11.3 Å². The number of carboxylic acids is 1. The zero-order chi connectivity index (χ0) is 14.9. The molecule has 3 atom stereocenters. The highest BCUT2D eigenvalue weighted by Crippen LogP contribution is 2.33. The SMILES string of the molecule is CC1CCN(C(=O)C2NCCCC2(C)C)C(C(=O)O)C1. The van der Waals surface area contributed by atoms with Gasteiger partial charge in [0.25, 0.3) is 0 Å². The molecule has 0 aliphatic carbocycles. The summed E-state index contributed by atoms with van der Waals surface area (Å²) in [6.45, 7) is 7.63. The number of carboxylic acid groups (broad SMARTS) is 1. The molecule has 0 bridgehead atoms. The lowest BCUT2D eigenvalue weighted by Gasteiger charge is -2.44. The smallest absolute Gasteiger partial charge is 0.326 e. The Kier molecular flexibility index (Phi) is 4.37. The Hall–Kier alpha value is -1.10. The van der Waals surface area contributed by atoms with Crippen LogP contribution >= 0.6 is 0 Å². The van der Waals surface area contributed by atoms with Crippen LogP contribution in [0.5, 0.6) is 0 Å². The van der Waals surface area contributed by atoms with Crippen LogP contribution in [-0.4, -0.2) is 47.1 Å². The first kappa shape index (κ1) is 15.3. The Labute approximate surface area is 120 Å². The third-order valence-corrected chi connectivity index (χ3v) is 4.81. The monoisotopic (exact) mass is 282 g/mol. The largest absolute Gasteiger partial charge is 0.480 e. The third-order valence-electron chi connectivity index (χ3n) is 4.81. The molecule has 2 aliphatic heterocycles. The van der Waals surface area contributed by atoms with Gasteiger partial charge in [0.15, 0.2) is 0 Å². The molecule has 0 spiro atoms. The molecule has 1 amide bonds. The molecule has 2 aliphatic rings. The second-order valence-corrected chi connectivity index (χ2v) is 6.99. The molecule has 5 heteroatoms. The molecule has 2 saturated heterocycles. The van der Waals surface area contributed by atoms with E-state index in [0.717, 1.165) is 25.8 Å². The maximum absolute atomic E-state index is 12.8. The lowest BCUT2D eigenvalue weighted by molar-refractivity contribution is -0.155. The van der Waals surface area contributed by atoms with Crippen molar-refractivity contribution in [3.63, 3.8) is 0 Å². The Morgan fingerprint density at radius 2 is 2.05 bits per heavy atom. The van der Waals surface area contributed by atoms with Crippen LogP contribution in [0.2, 0.25) is 0 Å². The molecule has 2 heterocycles. The van der Waals surface area contributed by atoms with E-state index < -0.39 is 12.0 Å². The van der Waals surface area contributed by atoms with E-state index >= 15 is 0 Å². The van der Waals surface area contributed by atoms with Gasteiger partial charge in [-0.3, -0.25) is 4.79 Å². The fraction of sp³-hybridized carbons (Fsp3) is 0.867. The van der Waals surface area contributed by atoms with Crippen molar-refractivity contribution < 1.29 is 14.7 Å². The number of hydrogen-bond donors (Lipinski definition) is 2. The molecule has 0 aromatic heterocycles. The quantitative estimate of drug-likeness (QED) is 0.805. The number of rotatable bonds is 2. The van der Waals surface area contributed by atoms with Gasteiger partial charge >= 0.3 is 5.97 Å². The molecular formula is C15H26N2O3. The molecule has 114 valence electrons. The lowest BCUT2D eigenvalue weighted by Crippen LogP contribution is -2.61. The zero-order valence-corrected chi connectivity index (χ0v) is 12.7. The number of aliphatic carboxylic acids is 1. The van der Waals surface area contributed by atoms with Crippen molar-refractivity contribution in [2.45, 2.75) is 58.5 Å². The van der Waals surface area contributed by atoms with Gasteiger partial charge in [-0.1, -0.05) is 20.8 Å². The van der Waals surface area contributed by atoms with Crippen molar-refractivity contribution in [1.82, 2.24) is 10.2 Å². The van der Waals surface area contributed by atoms with Crippen molar-refractivity contribution in [1.29, 1.82) is 0 Å². The molecule has 5 nitrogen and oxygen atoms in total. The maximum atomic E-state index is 12.8. The summed E-state index contributed by atoms with van der Waals surface area (Å²) in [7, 11) is 0. The highest BCUT2D eigenvalue weighted by atomic mass is 16.4. The summed E-state index contributed by atoms with van der Waals surface area (Å²) in [6, 6.07) is -0.919. The minimum absolute atomic E-state index is 0.0333. The Bertz CT molecular complexity index is 395. The fourth-order valence-electron chi connectivity index (χ4n) is 3.44. The number of amides is 1. The van der Waals surface area contributed by atoms with E-state index in [4.69, 9.17) is 0 Å². The number of carbonyl (C=O) groups excluding carboxylic acids is 1. The summed E-state index contributed by atoms with van der Waals surface area (Å²) in [5.41, 5.74) is -0.110. The van der Waals surface area contributed by atoms with Crippen molar-refractivity contribution in [2.24, 2.45) is 11.3 Å². The fourth-order valence-corrected chi connectivity index (χ4v) is 3.44. The number of nitrogens with zero attached hydrogens (tertiary/aromatic N) is 1. The van der Waals surface area contributed by atoms with Crippen molar-refractivity contribution in [2.75, 3.05) is 13.1 Å². The van der Waals surface area contributed by atoms with Crippen LogP contribution in [0.1, 0.15) is 46.5 Å². The van der Waals surface area contributed by atoms with E-state index in [1.54, 1.807) is 4.90 Å². The van der Waals surface area contributed by atoms with Gasteiger partial charge in [-0.2, -0.15) is 0 Å². The van der Waals surface area contributed by atoms with Crippen LogP contribution in [0.15, 0.2) is 0 Å². The predicted octanol–water partition coefficient (Wildman–Crippen LogP) is 1.48. The Morgan fingerprint density at radius 1 is 1.35 bits per heavy atom. The molecule has 0 aromatic rings. The van der Waals surface area contributed by atoms with E-state index in [1.165, 1.54) is 0 Å². The third kappa shape index (κ3) is 2.97. The highest BCUT2D eigenvalue weighted by molar-refractivity contribution is 5.88. The van der Waals surface area contributed by atoms with E-state index in [-0.39, 0.29) is 17.4 Å². The molecule has 0 radical (unpaired) electrons. The summed E-state index contributed by atoms with van der Waals surface area (Å²) >= 11 is 0. The van der Waals surface area contributed by atoms with Gasteiger partial charge in [-0.15, -0.1) is 0 Å². The summed E-state index contributed by atoms with van der Waals surface area (Å²) in [6.07, 6.45) is 3.52. The topological polar surface area (TPSA) is 69.6 Å². The predicted molar refractivity (Wildman–Crippen MR) is 76.3 cm³/mol. The van der Waals surface area contributed by atoms with Crippen LogP contribution in [0.25, 0.3) is 0 Å². The zero-order valence-electron chi connectivity index (χ0n) is 12.7. The van der Waals surface area contributed by atoms with Crippen molar-refractivity contribution in [3.05, 3.63) is 0 Å². The van der Waals surface area contributed by atoms with Crippen LogP contribution in [0.3, 0.4) is 0 Å². The average molecular weight is 282 g/mol. The van der Waals surface area contributed by atoms with Gasteiger partial charge in [0.1, 0.15) is 6.04 Å². The van der Waals surface area contributed by atoms with Gasteiger partial charge < -0.3 is 15.3 Å². The van der Waals surface area contributed by atoms with Gasteiger partial charge in [0, 0.05) is 6.54 Å². The first-order valence-electron chi connectivity index (χ1n) is 7.59. The standard InChI is InChI=1S/C15H26N2O3/c1-10-5-8-17(11(9-10)14(19)20)13(18)12-15(2,3)6-4-7-16-12/h10-12,16H,4-9H2,1-3H3,(H,19,20). The molecule has 2 fully saturated rings. The molecule has 2 N–H and O–H groups in total. The number of hydrogen-bond acceptors (Lipinski definition) is 3. The second kappa shape index (κ2) is 5.72. The number of nitrogens with one attached hydrogen (secondary N) is 1. The second-order valence-electron chi connectivity index (χ2n) is 6.99. The Balaban J connectivity index is 2.16. The van der Waals surface area contributed by atoms with E-state index in [9.17, 15) is 14.7 Å². The Morgan fingerprint density at radius 3 is 2.65 bits per heavy atom. The van der Waals surface area contributed by atoms with Crippen LogP contribution in [-0.2, 0) is 9.59 Å². The van der Waals surface area contributed by atoms with E-state index in [2.05, 4.69) is 26.1 Å². The van der Waals surface area contributed by atoms with Gasteiger partial charge in [-0.05, 0) is 43.6 Å². The molecule has 20 heavy (non-hydrogen) atoms. The first-order chi connectivity index (χ1) is 9.33. The van der Waals surface area contributed by atoms with Gasteiger partial charge in [-0.25, -0.2) is 4.79 Å². The van der Waals surface area contributed by atoms with E-state index in [0.29, 0.717) is 18.9 Å². The number of piperidine rings is 2. The molecular weight excluding hydrogens is 256 g/mol. The average Bonchev–Trinajstić information content (AvgIpc) is 2.37. The first-order valence-corrected chi connectivity index (χ1v) is 7.59. The minimum Gasteiger partial charge on any atom is -0.480 e. The maximum Gasteiger partial charge on any atom is 0.326 e.